The van der Waals surface area contributed by atoms with E-state index in [0.29, 0.717) is 6.61 Å². The zero-order valence-electron chi connectivity index (χ0n) is 9.95. The maximum Gasteiger partial charge on any atom is 0.170 e. The highest BCUT2D eigenvalue weighted by Gasteiger charge is 2.19. The molecule has 0 saturated carbocycles. The van der Waals surface area contributed by atoms with Gasteiger partial charge in [0.05, 0.1) is 6.61 Å². The number of anilines is 1. The fraction of sp³-hybridized carbons (Fsp3) is 0.538. The molecular weight excluding hydrogens is 216 g/mol. The largest absolute Gasteiger partial charge is 0.369 e. The Morgan fingerprint density at radius 2 is 2.06 bits per heavy atom. The molecule has 0 aliphatic carbocycles. The minimum atomic E-state index is 0.676. The predicted octanol–water partition coefficient (Wildman–Crippen LogP) is 1.35. The highest BCUT2D eigenvalue weighted by atomic mass is 17.2. The summed E-state index contributed by atoms with van der Waals surface area (Å²) >= 11 is 0. The quantitative estimate of drug-likeness (QED) is 0.744. The number of nitrogens with zero attached hydrogens (tertiary/aromatic N) is 1. The van der Waals surface area contributed by atoms with Crippen molar-refractivity contribution in [1.82, 2.24) is 5.32 Å². The van der Waals surface area contributed by atoms with Crippen LogP contribution >= 0.6 is 0 Å². The van der Waals surface area contributed by atoms with E-state index >= 15 is 0 Å². The number of hydrogen-bond donors (Lipinski definition) is 1. The van der Waals surface area contributed by atoms with Crippen molar-refractivity contribution < 1.29 is 9.78 Å². The Bertz CT molecular complexity index is 389. The van der Waals surface area contributed by atoms with E-state index in [-0.39, 0.29) is 0 Å². The zero-order valence-corrected chi connectivity index (χ0v) is 9.95. The van der Waals surface area contributed by atoms with Gasteiger partial charge < -0.3 is 15.1 Å². The summed E-state index contributed by atoms with van der Waals surface area (Å²) in [5.41, 5.74) is 2.61. The Morgan fingerprint density at radius 3 is 2.94 bits per heavy atom. The van der Waals surface area contributed by atoms with Crippen molar-refractivity contribution in [3.8, 4) is 5.75 Å². The first-order valence-corrected chi connectivity index (χ1v) is 6.32. The average molecular weight is 234 g/mol. The fourth-order valence-corrected chi connectivity index (χ4v) is 2.50. The third-order valence-electron chi connectivity index (χ3n) is 3.37. The van der Waals surface area contributed by atoms with Gasteiger partial charge in [0.25, 0.3) is 0 Å². The van der Waals surface area contributed by atoms with Crippen LogP contribution in [0.3, 0.4) is 0 Å². The maximum absolute atomic E-state index is 5.34. The van der Waals surface area contributed by atoms with Crippen LogP contribution in [0.15, 0.2) is 18.2 Å². The lowest BCUT2D eigenvalue weighted by molar-refractivity contribution is -0.203. The highest BCUT2D eigenvalue weighted by Crippen LogP contribution is 2.32. The Balaban J connectivity index is 1.92. The van der Waals surface area contributed by atoms with Crippen LogP contribution in [0.1, 0.15) is 12.0 Å². The molecular formula is C13H18N2O2. The summed E-state index contributed by atoms with van der Waals surface area (Å²) in [4.78, 5) is 12.9. The molecule has 0 bridgehead atoms. The van der Waals surface area contributed by atoms with Crippen LogP contribution in [0.4, 0.5) is 5.69 Å². The van der Waals surface area contributed by atoms with Crippen LogP contribution in [-0.4, -0.2) is 32.8 Å². The van der Waals surface area contributed by atoms with Crippen LogP contribution in [0.5, 0.6) is 5.75 Å². The molecule has 17 heavy (non-hydrogen) atoms. The Morgan fingerprint density at radius 1 is 1.18 bits per heavy atom. The molecule has 2 heterocycles. The lowest BCUT2D eigenvalue weighted by Gasteiger charge is -2.31. The van der Waals surface area contributed by atoms with Crippen molar-refractivity contribution in [2.24, 2.45) is 0 Å². The first-order chi connectivity index (χ1) is 8.45. The minimum absolute atomic E-state index is 0.676. The Hall–Kier alpha value is -1.26. The van der Waals surface area contributed by atoms with E-state index in [1.54, 1.807) is 0 Å². The van der Waals surface area contributed by atoms with Crippen molar-refractivity contribution in [1.29, 1.82) is 0 Å². The molecule has 1 aromatic carbocycles. The second-order valence-electron chi connectivity index (χ2n) is 4.50. The molecule has 0 aromatic heterocycles. The third kappa shape index (κ3) is 2.23. The standard InChI is InChI=1S/C13H18N2O2/c1-4-12(15-8-6-14-7-9-15)11-3-2-10-16-17-13(11)5-1/h1,4-5,14H,2-3,6-10H2. The van der Waals surface area contributed by atoms with Crippen LogP contribution in [0.25, 0.3) is 0 Å². The fourth-order valence-electron chi connectivity index (χ4n) is 2.50. The van der Waals surface area contributed by atoms with Crippen LogP contribution in [0, 0.1) is 0 Å². The molecule has 2 aliphatic heterocycles. The number of fused-ring (bicyclic) bond motifs is 1. The smallest absolute Gasteiger partial charge is 0.170 e. The van der Waals surface area contributed by atoms with Crippen molar-refractivity contribution in [2.75, 3.05) is 37.7 Å². The van der Waals surface area contributed by atoms with Gasteiger partial charge in [-0.3, -0.25) is 0 Å². The second kappa shape index (κ2) is 4.94. The van der Waals surface area contributed by atoms with Crippen LogP contribution < -0.4 is 15.1 Å². The zero-order chi connectivity index (χ0) is 11.5. The summed E-state index contributed by atoms with van der Waals surface area (Å²) in [5, 5.41) is 3.38. The van der Waals surface area contributed by atoms with E-state index in [4.69, 9.17) is 9.78 Å². The molecule has 1 aromatic rings. The molecule has 1 N–H and O–H groups in total. The third-order valence-corrected chi connectivity index (χ3v) is 3.37. The van der Waals surface area contributed by atoms with Gasteiger partial charge in [-0.05, 0) is 25.0 Å². The van der Waals surface area contributed by atoms with Gasteiger partial charge in [0.15, 0.2) is 5.75 Å². The van der Waals surface area contributed by atoms with E-state index in [2.05, 4.69) is 16.3 Å². The predicted molar refractivity (Wildman–Crippen MR) is 66.4 cm³/mol. The molecule has 4 nitrogen and oxygen atoms in total. The number of benzene rings is 1. The average Bonchev–Trinajstić information content (AvgIpc) is 2.64. The molecule has 4 heteroatoms. The number of hydrogen-bond acceptors (Lipinski definition) is 4. The molecule has 3 rings (SSSR count). The summed E-state index contributed by atoms with van der Waals surface area (Å²) < 4.78 is 0. The molecule has 0 amide bonds. The summed E-state index contributed by atoms with van der Waals surface area (Å²) in [7, 11) is 0. The lowest BCUT2D eigenvalue weighted by Crippen LogP contribution is -2.43. The molecule has 92 valence electrons. The molecule has 0 radical (unpaired) electrons. The van der Waals surface area contributed by atoms with Gasteiger partial charge in [0, 0.05) is 37.4 Å². The number of rotatable bonds is 1. The normalized spacial score (nSPS) is 20.4. The van der Waals surface area contributed by atoms with E-state index in [1.807, 2.05) is 12.1 Å². The van der Waals surface area contributed by atoms with E-state index in [9.17, 15) is 0 Å². The number of nitrogens with one attached hydrogen (secondary N) is 1. The number of piperazine rings is 1. The molecule has 0 atom stereocenters. The van der Waals surface area contributed by atoms with E-state index < -0.39 is 0 Å². The SMILES string of the molecule is c1cc2c(c(N3CCNCC3)c1)CCCOO2. The second-order valence-corrected chi connectivity index (χ2v) is 4.50. The van der Waals surface area contributed by atoms with Crippen molar-refractivity contribution in [3.05, 3.63) is 23.8 Å². The Labute approximate surface area is 101 Å². The van der Waals surface area contributed by atoms with Crippen molar-refractivity contribution in [3.63, 3.8) is 0 Å². The monoisotopic (exact) mass is 234 g/mol. The van der Waals surface area contributed by atoms with Gasteiger partial charge in [-0.15, -0.1) is 0 Å². The van der Waals surface area contributed by atoms with Gasteiger partial charge in [-0.25, -0.2) is 0 Å². The summed E-state index contributed by atoms with van der Waals surface area (Å²) in [6.07, 6.45) is 2.06. The molecule has 1 saturated heterocycles. The van der Waals surface area contributed by atoms with Gasteiger partial charge in [0.1, 0.15) is 0 Å². The van der Waals surface area contributed by atoms with Crippen molar-refractivity contribution >= 4 is 5.69 Å². The van der Waals surface area contributed by atoms with E-state index in [1.165, 1.54) is 11.3 Å². The summed E-state index contributed by atoms with van der Waals surface area (Å²) in [5.74, 6) is 0.888. The Kier molecular flexibility index (Phi) is 3.16. The van der Waals surface area contributed by atoms with Crippen molar-refractivity contribution in [2.45, 2.75) is 12.8 Å². The lowest BCUT2D eigenvalue weighted by atomic mass is 10.0. The first kappa shape index (κ1) is 10.9. The van der Waals surface area contributed by atoms with Crippen LogP contribution in [-0.2, 0) is 11.3 Å². The summed E-state index contributed by atoms with van der Waals surface area (Å²) in [6, 6.07) is 6.23. The topological polar surface area (TPSA) is 33.7 Å². The van der Waals surface area contributed by atoms with E-state index in [0.717, 1.165) is 44.8 Å². The van der Waals surface area contributed by atoms with Crippen LogP contribution in [0.2, 0.25) is 0 Å². The molecule has 0 unspecified atom stereocenters. The molecule has 2 aliphatic rings. The summed E-state index contributed by atoms with van der Waals surface area (Å²) in [6.45, 7) is 4.92. The molecule has 1 fully saturated rings. The van der Waals surface area contributed by atoms with Gasteiger partial charge in [-0.1, -0.05) is 6.07 Å². The maximum atomic E-state index is 5.34. The van der Waals surface area contributed by atoms with Gasteiger partial charge in [-0.2, -0.15) is 4.89 Å². The molecule has 0 spiro atoms. The first-order valence-electron chi connectivity index (χ1n) is 6.32. The minimum Gasteiger partial charge on any atom is -0.369 e. The highest BCUT2D eigenvalue weighted by molar-refractivity contribution is 5.59. The van der Waals surface area contributed by atoms with Gasteiger partial charge in [0.2, 0.25) is 0 Å². The van der Waals surface area contributed by atoms with Gasteiger partial charge >= 0.3 is 0 Å².